The molecule has 0 aliphatic rings. The highest BCUT2D eigenvalue weighted by molar-refractivity contribution is 9.10. The molecule has 0 amide bonds. The van der Waals surface area contributed by atoms with E-state index in [1.165, 1.54) is 0 Å². The molecule has 0 radical (unpaired) electrons. The Balaban J connectivity index is 2.23. The standard InChI is InChI=1S/C9H7BrClN3/c10-8-4-13-14(6-8)5-7-2-1-3-12-9(7)11/h1-4,6H,5H2. The minimum Gasteiger partial charge on any atom is -0.267 e. The van der Waals surface area contributed by atoms with Crippen LogP contribution in [0.5, 0.6) is 0 Å². The molecule has 0 saturated heterocycles. The van der Waals surface area contributed by atoms with Gasteiger partial charge in [0, 0.05) is 18.0 Å². The quantitative estimate of drug-likeness (QED) is 0.787. The lowest BCUT2D eigenvalue weighted by atomic mass is 10.3. The number of pyridine rings is 1. The second kappa shape index (κ2) is 4.11. The minimum absolute atomic E-state index is 0.527. The van der Waals surface area contributed by atoms with Crippen molar-refractivity contribution >= 4 is 27.5 Å². The van der Waals surface area contributed by atoms with Crippen LogP contribution >= 0.6 is 27.5 Å². The molecule has 0 aliphatic carbocycles. The van der Waals surface area contributed by atoms with Crippen LogP contribution in [0.4, 0.5) is 0 Å². The van der Waals surface area contributed by atoms with E-state index in [-0.39, 0.29) is 0 Å². The van der Waals surface area contributed by atoms with Gasteiger partial charge in [0.05, 0.1) is 17.2 Å². The third-order valence-corrected chi connectivity index (χ3v) is 2.52. The van der Waals surface area contributed by atoms with Gasteiger partial charge in [0.15, 0.2) is 0 Å². The number of hydrogen-bond donors (Lipinski definition) is 0. The first kappa shape index (κ1) is 9.68. The van der Waals surface area contributed by atoms with E-state index >= 15 is 0 Å². The van der Waals surface area contributed by atoms with Crippen molar-refractivity contribution < 1.29 is 0 Å². The highest BCUT2D eigenvalue weighted by atomic mass is 79.9. The molecule has 0 aromatic carbocycles. The van der Waals surface area contributed by atoms with Gasteiger partial charge < -0.3 is 0 Å². The van der Waals surface area contributed by atoms with Gasteiger partial charge in [0.1, 0.15) is 5.15 Å². The van der Waals surface area contributed by atoms with Crippen LogP contribution in [0.3, 0.4) is 0 Å². The SMILES string of the molecule is Clc1ncccc1Cn1cc(Br)cn1. The Hall–Kier alpha value is -0.870. The minimum atomic E-state index is 0.527. The number of hydrogen-bond acceptors (Lipinski definition) is 2. The van der Waals surface area contributed by atoms with Crippen molar-refractivity contribution in [3.05, 3.63) is 45.9 Å². The summed E-state index contributed by atoms with van der Waals surface area (Å²) in [6.45, 7) is 0.637. The third kappa shape index (κ3) is 2.13. The molecular formula is C9H7BrClN3. The van der Waals surface area contributed by atoms with Crippen LogP contribution in [0, 0.1) is 0 Å². The van der Waals surface area contributed by atoms with E-state index in [0.29, 0.717) is 11.7 Å². The maximum Gasteiger partial charge on any atom is 0.134 e. The number of halogens is 2. The van der Waals surface area contributed by atoms with Crippen molar-refractivity contribution in [2.45, 2.75) is 6.54 Å². The molecule has 0 saturated carbocycles. The average molecular weight is 273 g/mol. The van der Waals surface area contributed by atoms with Crippen molar-refractivity contribution in [2.75, 3.05) is 0 Å². The van der Waals surface area contributed by atoms with Gasteiger partial charge in [-0.2, -0.15) is 5.10 Å². The van der Waals surface area contributed by atoms with E-state index in [0.717, 1.165) is 10.0 Å². The zero-order valence-electron chi connectivity index (χ0n) is 7.19. The van der Waals surface area contributed by atoms with E-state index in [1.54, 1.807) is 17.1 Å². The van der Waals surface area contributed by atoms with Crippen LogP contribution < -0.4 is 0 Å². The first-order chi connectivity index (χ1) is 6.75. The first-order valence-corrected chi connectivity index (χ1v) is 5.20. The van der Waals surface area contributed by atoms with E-state index in [4.69, 9.17) is 11.6 Å². The molecule has 72 valence electrons. The van der Waals surface area contributed by atoms with Crippen molar-refractivity contribution in [3.8, 4) is 0 Å². The molecule has 2 aromatic rings. The molecule has 0 unspecified atom stereocenters. The number of nitrogens with zero attached hydrogens (tertiary/aromatic N) is 3. The molecule has 2 aromatic heterocycles. The summed E-state index contributed by atoms with van der Waals surface area (Å²) in [5, 5.41) is 4.66. The fourth-order valence-corrected chi connectivity index (χ4v) is 1.64. The van der Waals surface area contributed by atoms with Gasteiger partial charge in [-0.1, -0.05) is 17.7 Å². The smallest absolute Gasteiger partial charge is 0.134 e. The van der Waals surface area contributed by atoms with Gasteiger partial charge in [0.25, 0.3) is 0 Å². The van der Waals surface area contributed by atoms with Gasteiger partial charge in [-0.05, 0) is 22.0 Å². The van der Waals surface area contributed by atoms with E-state index < -0.39 is 0 Å². The van der Waals surface area contributed by atoms with Gasteiger partial charge in [-0.3, -0.25) is 4.68 Å². The summed E-state index contributed by atoms with van der Waals surface area (Å²) >= 11 is 9.25. The largest absolute Gasteiger partial charge is 0.267 e. The molecule has 0 bridgehead atoms. The summed E-state index contributed by atoms with van der Waals surface area (Å²) in [5.74, 6) is 0. The zero-order chi connectivity index (χ0) is 9.97. The number of rotatable bonds is 2. The molecule has 3 nitrogen and oxygen atoms in total. The predicted molar refractivity (Wildman–Crippen MR) is 58.3 cm³/mol. The van der Waals surface area contributed by atoms with Crippen molar-refractivity contribution in [1.29, 1.82) is 0 Å². The van der Waals surface area contributed by atoms with Crippen LogP contribution in [0.15, 0.2) is 35.2 Å². The van der Waals surface area contributed by atoms with Gasteiger partial charge >= 0.3 is 0 Å². The van der Waals surface area contributed by atoms with Crippen molar-refractivity contribution in [1.82, 2.24) is 14.8 Å². The molecule has 2 rings (SSSR count). The van der Waals surface area contributed by atoms with E-state index in [2.05, 4.69) is 26.0 Å². The maximum absolute atomic E-state index is 5.92. The molecule has 0 spiro atoms. The topological polar surface area (TPSA) is 30.7 Å². The Morgan fingerprint density at radius 2 is 2.36 bits per heavy atom. The summed E-state index contributed by atoms with van der Waals surface area (Å²) in [7, 11) is 0. The summed E-state index contributed by atoms with van der Waals surface area (Å²) in [6, 6.07) is 3.80. The highest BCUT2D eigenvalue weighted by Gasteiger charge is 2.01. The Kier molecular flexibility index (Phi) is 2.84. The Labute approximate surface area is 94.9 Å². The fourth-order valence-electron chi connectivity index (χ4n) is 1.14. The molecule has 0 fully saturated rings. The molecule has 14 heavy (non-hydrogen) atoms. The molecule has 0 aliphatic heterocycles. The highest BCUT2D eigenvalue weighted by Crippen LogP contribution is 2.14. The Morgan fingerprint density at radius 3 is 3.00 bits per heavy atom. The summed E-state index contributed by atoms with van der Waals surface area (Å²) in [6.07, 6.45) is 5.30. The predicted octanol–water partition coefficient (Wildman–Crippen LogP) is 2.74. The maximum atomic E-state index is 5.92. The lowest BCUT2D eigenvalue weighted by molar-refractivity contribution is 0.685. The fraction of sp³-hybridized carbons (Fsp3) is 0.111. The molecule has 0 atom stereocenters. The van der Waals surface area contributed by atoms with Crippen molar-refractivity contribution in [2.24, 2.45) is 0 Å². The first-order valence-electron chi connectivity index (χ1n) is 4.03. The summed E-state index contributed by atoms with van der Waals surface area (Å²) in [5.41, 5.74) is 0.963. The lowest BCUT2D eigenvalue weighted by Gasteiger charge is -2.02. The van der Waals surface area contributed by atoms with Crippen LogP contribution in [-0.4, -0.2) is 14.8 Å². The monoisotopic (exact) mass is 271 g/mol. The van der Waals surface area contributed by atoms with E-state index in [1.807, 2.05) is 18.3 Å². The van der Waals surface area contributed by atoms with Gasteiger partial charge in [-0.25, -0.2) is 4.98 Å². The van der Waals surface area contributed by atoms with Crippen LogP contribution in [0.1, 0.15) is 5.56 Å². The Bertz CT molecular complexity index is 441. The van der Waals surface area contributed by atoms with Crippen LogP contribution in [0.25, 0.3) is 0 Å². The van der Waals surface area contributed by atoms with Gasteiger partial charge in [-0.15, -0.1) is 0 Å². The summed E-state index contributed by atoms with van der Waals surface area (Å²) in [4.78, 5) is 3.99. The molecule has 0 N–H and O–H groups in total. The second-order valence-electron chi connectivity index (χ2n) is 2.81. The summed E-state index contributed by atoms with van der Waals surface area (Å²) < 4.78 is 2.75. The van der Waals surface area contributed by atoms with Crippen molar-refractivity contribution in [3.63, 3.8) is 0 Å². The van der Waals surface area contributed by atoms with Crippen LogP contribution in [-0.2, 0) is 6.54 Å². The molecule has 5 heteroatoms. The van der Waals surface area contributed by atoms with Crippen LogP contribution in [0.2, 0.25) is 5.15 Å². The normalized spacial score (nSPS) is 10.4. The zero-order valence-corrected chi connectivity index (χ0v) is 9.53. The molecule has 2 heterocycles. The third-order valence-electron chi connectivity index (χ3n) is 1.77. The van der Waals surface area contributed by atoms with Gasteiger partial charge in [0.2, 0.25) is 0 Å². The molecular weight excluding hydrogens is 265 g/mol. The second-order valence-corrected chi connectivity index (χ2v) is 4.08. The number of aromatic nitrogens is 3. The lowest BCUT2D eigenvalue weighted by Crippen LogP contribution is -2.00. The average Bonchev–Trinajstić information content (AvgIpc) is 2.56. The van der Waals surface area contributed by atoms with E-state index in [9.17, 15) is 0 Å². The Morgan fingerprint density at radius 1 is 1.50 bits per heavy atom.